The number of amides is 2. The third-order valence-corrected chi connectivity index (χ3v) is 7.09. The minimum Gasteiger partial charge on any atom is -0.338 e. The molecule has 0 aliphatic carbocycles. The third kappa shape index (κ3) is 5.64. The summed E-state index contributed by atoms with van der Waals surface area (Å²) in [6.45, 7) is 0. The van der Waals surface area contributed by atoms with E-state index in [4.69, 9.17) is 46.4 Å². The first-order valence-electron chi connectivity index (χ1n) is 11.0. The average molecular weight is 571 g/mol. The number of anilines is 1. The van der Waals surface area contributed by atoms with Crippen LogP contribution in [0.15, 0.2) is 78.9 Å². The summed E-state index contributed by atoms with van der Waals surface area (Å²) in [5.41, 5.74) is 4.54. The molecule has 0 atom stereocenters. The number of benzene rings is 4. The van der Waals surface area contributed by atoms with Crippen LogP contribution in [0.25, 0.3) is 22.4 Å². The number of nitrogens with zero attached hydrogens (tertiary/aromatic N) is 1. The molecule has 184 valence electrons. The maximum atomic E-state index is 12.6. The Morgan fingerprint density at radius 3 is 2.05 bits per heavy atom. The quantitative estimate of drug-likeness (QED) is 0.196. The number of aromatic nitrogens is 2. The summed E-state index contributed by atoms with van der Waals surface area (Å²) in [4.78, 5) is 33.1. The maximum Gasteiger partial charge on any atom is 0.347 e. The van der Waals surface area contributed by atoms with Crippen molar-refractivity contribution in [3.05, 3.63) is 110 Å². The fraction of sp³-hybridized carbons (Fsp3) is 0. The number of hydrogen-bond donors (Lipinski definition) is 3. The van der Waals surface area contributed by atoms with E-state index in [2.05, 4.69) is 15.3 Å². The lowest BCUT2D eigenvalue weighted by Crippen LogP contribution is -2.82. The summed E-state index contributed by atoms with van der Waals surface area (Å²) >= 11 is 23.9. The molecule has 0 saturated heterocycles. The van der Waals surface area contributed by atoms with Gasteiger partial charge >= 0.3 is 5.91 Å². The van der Waals surface area contributed by atoms with Gasteiger partial charge in [-0.25, -0.2) is 15.1 Å². The van der Waals surface area contributed by atoms with E-state index in [1.807, 2.05) is 30.3 Å². The third-order valence-electron chi connectivity index (χ3n) is 5.61. The monoisotopic (exact) mass is 569 g/mol. The lowest BCUT2D eigenvalue weighted by molar-refractivity contribution is -0.464. The van der Waals surface area contributed by atoms with E-state index in [1.165, 1.54) is 11.4 Å². The number of fused-ring (bicyclic) bond motifs is 1. The summed E-state index contributed by atoms with van der Waals surface area (Å²) < 4.78 is 0. The first-order valence-corrected chi connectivity index (χ1v) is 12.5. The maximum absolute atomic E-state index is 12.6. The van der Waals surface area contributed by atoms with Crippen LogP contribution in [0.1, 0.15) is 20.7 Å². The zero-order chi connectivity index (χ0) is 26.1. The van der Waals surface area contributed by atoms with Crippen molar-refractivity contribution in [3.8, 4) is 11.4 Å². The van der Waals surface area contributed by atoms with Crippen LogP contribution in [-0.2, 0) is 0 Å². The molecule has 37 heavy (non-hydrogen) atoms. The number of nitrogens with two attached hydrogens (primary N) is 1. The van der Waals surface area contributed by atoms with Gasteiger partial charge in [0.15, 0.2) is 0 Å². The van der Waals surface area contributed by atoms with Gasteiger partial charge in [-0.15, -0.1) is 0 Å². The molecule has 0 unspecified atom stereocenters. The molecule has 1 heterocycles. The Labute approximate surface area is 231 Å². The van der Waals surface area contributed by atoms with E-state index < -0.39 is 0 Å². The van der Waals surface area contributed by atoms with Crippen molar-refractivity contribution in [2.45, 2.75) is 0 Å². The van der Waals surface area contributed by atoms with Gasteiger partial charge in [0.1, 0.15) is 11.5 Å². The van der Waals surface area contributed by atoms with Gasteiger partial charge < -0.3 is 10.3 Å². The molecule has 0 aliphatic heterocycles. The van der Waals surface area contributed by atoms with Gasteiger partial charge in [0.2, 0.25) is 0 Å². The molecule has 5 rings (SSSR count). The second-order valence-electron chi connectivity index (χ2n) is 8.16. The zero-order valence-corrected chi connectivity index (χ0v) is 21.9. The van der Waals surface area contributed by atoms with Gasteiger partial charge in [-0.2, -0.15) is 0 Å². The van der Waals surface area contributed by atoms with Crippen LogP contribution >= 0.6 is 46.4 Å². The molecule has 0 bridgehead atoms. The molecular formula is C27H17Cl4N4O2+. The van der Waals surface area contributed by atoms with Crippen molar-refractivity contribution < 1.29 is 14.9 Å². The first kappa shape index (κ1) is 25.3. The van der Waals surface area contributed by atoms with Crippen LogP contribution in [0.5, 0.6) is 0 Å². The zero-order valence-electron chi connectivity index (χ0n) is 18.9. The number of H-pyrrole nitrogens is 1. The highest BCUT2D eigenvalue weighted by molar-refractivity contribution is 6.42. The number of carbonyl (C=O) groups excluding carboxylic acids is 2. The van der Waals surface area contributed by atoms with E-state index in [-0.39, 0.29) is 11.8 Å². The van der Waals surface area contributed by atoms with Crippen molar-refractivity contribution in [2.24, 2.45) is 0 Å². The van der Waals surface area contributed by atoms with Crippen LogP contribution in [-0.4, -0.2) is 21.8 Å². The molecule has 0 radical (unpaired) electrons. The fourth-order valence-electron chi connectivity index (χ4n) is 3.69. The Hall–Kier alpha value is -3.39. The van der Waals surface area contributed by atoms with Gasteiger partial charge in [0.25, 0.3) is 5.91 Å². The Balaban J connectivity index is 1.30. The van der Waals surface area contributed by atoms with E-state index >= 15 is 0 Å². The van der Waals surface area contributed by atoms with Crippen molar-refractivity contribution in [1.29, 1.82) is 0 Å². The van der Waals surface area contributed by atoms with Gasteiger partial charge in [-0.05, 0) is 66.7 Å². The molecule has 0 saturated carbocycles. The van der Waals surface area contributed by atoms with E-state index in [0.717, 1.165) is 22.3 Å². The van der Waals surface area contributed by atoms with E-state index in [0.29, 0.717) is 42.7 Å². The topological polar surface area (TPSA) is 91.5 Å². The molecule has 0 spiro atoms. The minimum atomic E-state index is -0.306. The number of imidazole rings is 1. The number of aromatic amines is 1. The number of halogens is 4. The highest BCUT2D eigenvalue weighted by Crippen LogP contribution is 2.26. The van der Waals surface area contributed by atoms with Gasteiger partial charge in [-0.3, -0.25) is 4.79 Å². The SMILES string of the molecule is O=C(Nc1ccc2nc(-c3ccc([NH2+]C(=O)c4ccc(Cl)c(Cl)c4)cc3)[nH]c2c1)c1ccc(Cl)c(Cl)c1. The number of quaternary nitrogens is 1. The lowest BCUT2D eigenvalue weighted by atomic mass is 10.1. The van der Waals surface area contributed by atoms with Gasteiger partial charge in [0.05, 0.1) is 36.7 Å². The van der Waals surface area contributed by atoms with Crippen molar-refractivity contribution in [2.75, 3.05) is 5.32 Å². The van der Waals surface area contributed by atoms with Crippen LogP contribution in [0.4, 0.5) is 11.4 Å². The molecule has 1 aromatic heterocycles. The molecule has 4 aromatic carbocycles. The lowest BCUT2D eigenvalue weighted by Gasteiger charge is -2.06. The molecule has 10 heteroatoms. The standard InChI is InChI=1S/C27H16Cl4N4O2/c28-19-8-3-15(11-21(19)30)26(36)32-17-5-1-14(2-6-17)25-34-23-10-7-18(13-24(23)35-25)33-27(37)16-4-9-20(29)22(31)12-16/h1-13H,(H,32,36)(H,33,37)(H,34,35)/p+1. The highest BCUT2D eigenvalue weighted by atomic mass is 35.5. The van der Waals surface area contributed by atoms with Crippen LogP contribution in [0, 0.1) is 0 Å². The van der Waals surface area contributed by atoms with E-state index in [1.54, 1.807) is 42.5 Å². The summed E-state index contributed by atoms with van der Waals surface area (Å²) in [7, 11) is 0. The smallest absolute Gasteiger partial charge is 0.338 e. The van der Waals surface area contributed by atoms with Crippen molar-refractivity contribution >= 4 is 80.6 Å². The largest absolute Gasteiger partial charge is 0.347 e. The summed E-state index contributed by atoms with van der Waals surface area (Å²) in [6, 6.07) is 22.3. The number of hydrogen-bond acceptors (Lipinski definition) is 3. The first-order chi connectivity index (χ1) is 17.8. The Bertz CT molecular complexity index is 1670. The van der Waals surface area contributed by atoms with Crippen molar-refractivity contribution in [3.63, 3.8) is 0 Å². The minimum absolute atomic E-state index is 0.175. The molecule has 0 fully saturated rings. The van der Waals surface area contributed by atoms with Crippen molar-refractivity contribution in [1.82, 2.24) is 9.97 Å². The van der Waals surface area contributed by atoms with Crippen LogP contribution in [0.3, 0.4) is 0 Å². The second kappa shape index (κ2) is 10.5. The molecule has 4 N–H and O–H groups in total. The number of carbonyl (C=O) groups is 2. The second-order valence-corrected chi connectivity index (χ2v) is 9.79. The molecule has 6 nitrogen and oxygen atoms in total. The molecule has 5 aromatic rings. The van der Waals surface area contributed by atoms with E-state index in [9.17, 15) is 9.59 Å². The predicted molar refractivity (Wildman–Crippen MR) is 148 cm³/mol. The summed E-state index contributed by atoms with van der Waals surface area (Å²) in [6.07, 6.45) is 0. The Morgan fingerprint density at radius 2 is 1.38 bits per heavy atom. The number of nitrogens with one attached hydrogen (secondary N) is 2. The van der Waals surface area contributed by atoms with Crippen LogP contribution < -0.4 is 10.6 Å². The molecule has 0 aliphatic rings. The van der Waals surface area contributed by atoms with Gasteiger partial charge in [0, 0.05) is 28.9 Å². The average Bonchev–Trinajstić information content (AvgIpc) is 3.31. The predicted octanol–water partition coefficient (Wildman–Crippen LogP) is 7.13. The fourth-order valence-corrected chi connectivity index (χ4v) is 4.28. The number of rotatable bonds is 5. The summed E-state index contributed by atoms with van der Waals surface area (Å²) in [5, 5.41) is 5.81. The number of primary amides is 1. The summed E-state index contributed by atoms with van der Waals surface area (Å²) in [5.74, 6) is 0.177. The normalized spacial score (nSPS) is 11.0. The molecule has 2 amide bonds. The highest BCUT2D eigenvalue weighted by Gasteiger charge is 2.15. The van der Waals surface area contributed by atoms with Gasteiger partial charge in [-0.1, -0.05) is 46.4 Å². The Morgan fingerprint density at radius 1 is 0.730 bits per heavy atom. The molecular weight excluding hydrogens is 554 g/mol. The van der Waals surface area contributed by atoms with Crippen LogP contribution in [0.2, 0.25) is 20.1 Å². The Kier molecular flexibility index (Phi) is 7.20.